The van der Waals surface area contributed by atoms with E-state index in [9.17, 15) is 13.2 Å². The summed E-state index contributed by atoms with van der Waals surface area (Å²) in [7, 11) is -3.69. The Kier molecular flexibility index (Phi) is 3.84. The standard InChI is InChI=1S/C10H12ClN3O3S/c11-8-3-4-12-6-9(8)18(16,17)13-5-7-1-2-10(15)14-7/h3-4,6-7,13H,1-2,5H2,(H,14,15). The van der Waals surface area contributed by atoms with Gasteiger partial charge in [0.25, 0.3) is 0 Å². The van der Waals surface area contributed by atoms with Crippen molar-refractivity contribution < 1.29 is 13.2 Å². The monoisotopic (exact) mass is 289 g/mol. The molecule has 18 heavy (non-hydrogen) atoms. The number of carbonyl (C=O) groups is 1. The lowest BCUT2D eigenvalue weighted by Gasteiger charge is -2.12. The highest BCUT2D eigenvalue weighted by Gasteiger charge is 2.24. The van der Waals surface area contributed by atoms with Crippen molar-refractivity contribution in [3.63, 3.8) is 0 Å². The van der Waals surface area contributed by atoms with Gasteiger partial charge in [0.2, 0.25) is 15.9 Å². The van der Waals surface area contributed by atoms with Crippen LogP contribution < -0.4 is 10.0 Å². The number of hydrogen-bond acceptors (Lipinski definition) is 4. The molecule has 1 aromatic heterocycles. The summed E-state index contributed by atoms with van der Waals surface area (Å²) in [5, 5.41) is 2.80. The lowest BCUT2D eigenvalue weighted by molar-refractivity contribution is -0.119. The van der Waals surface area contributed by atoms with Gasteiger partial charge in [0.05, 0.1) is 5.02 Å². The highest BCUT2D eigenvalue weighted by atomic mass is 35.5. The van der Waals surface area contributed by atoms with E-state index >= 15 is 0 Å². The third kappa shape index (κ3) is 2.98. The van der Waals surface area contributed by atoms with Crippen LogP contribution >= 0.6 is 11.6 Å². The molecular formula is C10H12ClN3O3S. The molecule has 0 bridgehead atoms. The van der Waals surface area contributed by atoms with Crippen LogP contribution in [0.25, 0.3) is 0 Å². The van der Waals surface area contributed by atoms with Gasteiger partial charge in [-0.05, 0) is 12.5 Å². The average Bonchev–Trinajstić information content (AvgIpc) is 2.73. The van der Waals surface area contributed by atoms with E-state index < -0.39 is 10.0 Å². The van der Waals surface area contributed by atoms with Crippen LogP contribution in [0, 0.1) is 0 Å². The van der Waals surface area contributed by atoms with Crippen molar-refractivity contribution >= 4 is 27.5 Å². The molecule has 0 aromatic carbocycles. The topological polar surface area (TPSA) is 88.2 Å². The number of amides is 1. The summed E-state index contributed by atoms with van der Waals surface area (Å²) in [6.45, 7) is 0.152. The summed E-state index contributed by atoms with van der Waals surface area (Å²) in [4.78, 5) is 14.7. The van der Waals surface area contributed by atoms with Crippen LogP contribution in [0.5, 0.6) is 0 Å². The molecule has 1 unspecified atom stereocenters. The Balaban J connectivity index is 2.04. The van der Waals surface area contributed by atoms with E-state index in [4.69, 9.17) is 11.6 Å². The Morgan fingerprint density at radius 2 is 2.33 bits per heavy atom. The van der Waals surface area contributed by atoms with Gasteiger partial charge in [-0.15, -0.1) is 0 Å². The van der Waals surface area contributed by atoms with E-state index in [2.05, 4.69) is 15.0 Å². The zero-order valence-corrected chi connectivity index (χ0v) is 11.0. The molecule has 98 valence electrons. The van der Waals surface area contributed by atoms with Crippen LogP contribution in [0.2, 0.25) is 5.02 Å². The lowest BCUT2D eigenvalue weighted by atomic mass is 10.2. The Morgan fingerprint density at radius 1 is 1.56 bits per heavy atom. The first-order valence-electron chi connectivity index (χ1n) is 5.37. The largest absolute Gasteiger partial charge is 0.352 e. The molecule has 0 spiro atoms. The maximum atomic E-state index is 11.9. The minimum Gasteiger partial charge on any atom is -0.352 e. The summed E-state index contributed by atoms with van der Waals surface area (Å²) in [6, 6.07) is 1.25. The molecule has 1 aliphatic heterocycles. The van der Waals surface area contributed by atoms with Crippen molar-refractivity contribution in [2.45, 2.75) is 23.8 Å². The normalized spacial score (nSPS) is 19.8. The van der Waals surface area contributed by atoms with Gasteiger partial charge in [-0.3, -0.25) is 9.78 Å². The SMILES string of the molecule is O=C1CCC(CNS(=O)(=O)c2cnccc2Cl)N1. The molecule has 2 N–H and O–H groups in total. The fourth-order valence-electron chi connectivity index (χ4n) is 1.68. The fourth-order valence-corrected chi connectivity index (χ4v) is 3.19. The van der Waals surface area contributed by atoms with Gasteiger partial charge in [0, 0.05) is 31.4 Å². The van der Waals surface area contributed by atoms with E-state index in [1.165, 1.54) is 18.5 Å². The number of rotatable bonds is 4. The van der Waals surface area contributed by atoms with Crippen molar-refractivity contribution in [3.8, 4) is 0 Å². The zero-order chi connectivity index (χ0) is 13.2. The molecule has 0 radical (unpaired) electrons. The fraction of sp³-hybridized carbons (Fsp3) is 0.400. The zero-order valence-electron chi connectivity index (χ0n) is 9.39. The van der Waals surface area contributed by atoms with Gasteiger partial charge in [0.15, 0.2) is 0 Å². The first-order chi connectivity index (χ1) is 8.49. The molecule has 1 fully saturated rings. The van der Waals surface area contributed by atoms with Gasteiger partial charge >= 0.3 is 0 Å². The van der Waals surface area contributed by atoms with Crippen LogP contribution in [-0.2, 0) is 14.8 Å². The number of aromatic nitrogens is 1. The van der Waals surface area contributed by atoms with Gasteiger partial charge in [-0.2, -0.15) is 0 Å². The van der Waals surface area contributed by atoms with Gasteiger partial charge in [-0.1, -0.05) is 11.6 Å². The minimum absolute atomic E-state index is 0.0568. The predicted octanol–water partition coefficient (Wildman–Crippen LogP) is 0.292. The second-order valence-corrected chi connectivity index (χ2v) is 6.10. The Bertz CT molecular complexity index is 561. The second-order valence-electron chi connectivity index (χ2n) is 3.96. The molecule has 1 aliphatic rings. The lowest BCUT2D eigenvalue weighted by Crippen LogP contribution is -2.38. The van der Waals surface area contributed by atoms with E-state index in [-0.39, 0.29) is 28.4 Å². The summed E-state index contributed by atoms with van der Waals surface area (Å²) >= 11 is 5.80. The summed E-state index contributed by atoms with van der Waals surface area (Å²) in [5.74, 6) is -0.0568. The quantitative estimate of drug-likeness (QED) is 0.834. The first-order valence-corrected chi connectivity index (χ1v) is 7.24. The van der Waals surface area contributed by atoms with Crippen molar-refractivity contribution in [2.75, 3.05) is 6.54 Å². The number of nitrogens with zero attached hydrogens (tertiary/aromatic N) is 1. The molecule has 0 aliphatic carbocycles. The first kappa shape index (κ1) is 13.3. The molecule has 0 saturated carbocycles. The summed E-state index contributed by atoms with van der Waals surface area (Å²) < 4.78 is 26.3. The van der Waals surface area contributed by atoms with Crippen LogP contribution in [0.3, 0.4) is 0 Å². The molecule has 2 rings (SSSR count). The number of hydrogen-bond donors (Lipinski definition) is 2. The number of sulfonamides is 1. The Morgan fingerprint density at radius 3 is 2.94 bits per heavy atom. The van der Waals surface area contributed by atoms with Gasteiger partial charge < -0.3 is 5.32 Å². The van der Waals surface area contributed by atoms with Crippen LogP contribution in [0.15, 0.2) is 23.4 Å². The van der Waals surface area contributed by atoms with Crippen molar-refractivity contribution in [3.05, 3.63) is 23.5 Å². The number of carbonyl (C=O) groups excluding carboxylic acids is 1. The summed E-state index contributed by atoms with van der Waals surface area (Å²) in [5.41, 5.74) is 0. The Hall–Kier alpha value is -1.18. The molecule has 6 nitrogen and oxygen atoms in total. The molecule has 1 amide bonds. The molecule has 1 saturated heterocycles. The molecule has 2 heterocycles. The van der Waals surface area contributed by atoms with Crippen LogP contribution in [-0.4, -0.2) is 31.9 Å². The second kappa shape index (κ2) is 5.21. The molecular weight excluding hydrogens is 278 g/mol. The number of nitrogens with one attached hydrogen (secondary N) is 2. The van der Waals surface area contributed by atoms with E-state index in [0.717, 1.165) is 0 Å². The van der Waals surface area contributed by atoms with Crippen LogP contribution in [0.4, 0.5) is 0 Å². The highest BCUT2D eigenvalue weighted by Crippen LogP contribution is 2.19. The smallest absolute Gasteiger partial charge is 0.243 e. The molecule has 1 atom stereocenters. The third-order valence-electron chi connectivity index (χ3n) is 2.63. The maximum absolute atomic E-state index is 11.9. The maximum Gasteiger partial charge on any atom is 0.243 e. The number of halogens is 1. The highest BCUT2D eigenvalue weighted by molar-refractivity contribution is 7.89. The minimum atomic E-state index is -3.69. The summed E-state index contributed by atoms with van der Waals surface area (Å²) in [6.07, 6.45) is 3.67. The number of pyridine rings is 1. The van der Waals surface area contributed by atoms with Crippen LogP contribution in [0.1, 0.15) is 12.8 Å². The third-order valence-corrected chi connectivity index (χ3v) is 4.52. The van der Waals surface area contributed by atoms with Gasteiger partial charge in [-0.25, -0.2) is 13.1 Å². The van der Waals surface area contributed by atoms with Crippen molar-refractivity contribution in [1.29, 1.82) is 0 Å². The van der Waals surface area contributed by atoms with E-state index in [1.54, 1.807) is 0 Å². The van der Waals surface area contributed by atoms with Crippen molar-refractivity contribution in [2.24, 2.45) is 0 Å². The Labute approximate surface area is 110 Å². The van der Waals surface area contributed by atoms with E-state index in [1.807, 2.05) is 0 Å². The van der Waals surface area contributed by atoms with Crippen molar-refractivity contribution in [1.82, 2.24) is 15.0 Å². The van der Waals surface area contributed by atoms with Gasteiger partial charge in [0.1, 0.15) is 4.90 Å². The molecule has 8 heteroatoms. The van der Waals surface area contributed by atoms with E-state index in [0.29, 0.717) is 12.8 Å². The average molecular weight is 290 g/mol. The molecule has 1 aromatic rings. The predicted molar refractivity (Wildman–Crippen MR) is 65.6 cm³/mol.